The molecule has 8 nitrogen and oxygen atoms in total. The fourth-order valence-corrected chi connectivity index (χ4v) is 3.03. The minimum atomic E-state index is -0.123. The standard InChI is InChI=1S/C17H19N5O3S/c1-11-14(6-7-25-11)16-20-21-17(22(16)18)26-10-15(23)19-9-12-4-3-5-13(8-12)24-2/h3-8H,9-10,18H2,1-2H3,(H,19,23). The summed E-state index contributed by atoms with van der Waals surface area (Å²) in [5, 5.41) is 11.4. The van der Waals surface area contributed by atoms with Gasteiger partial charge in [-0.25, -0.2) is 4.68 Å². The first-order chi connectivity index (χ1) is 12.6. The van der Waals surface area contributed by atoms with Gasteiger partial charge in [0, 0.05) is 6.54 Å². The number of hydrogen-bond donors (Lipinski definition) is 2. The minimum Gasteiger partial charge on any atom is -0.497 e. The van der Waals surface area contributed by atoms with E-state index in [4.69, 9.17) is 15.0 Å². The lowest BCUT2D eigenvalue weighted by Gasteiger charge is -2.07. The summed E-state index contributed by atoms with van der Waals surface area (Å²) in [6.45, 7) is 2.24. The number of carbonyl (C=O) groups excluding carboxylic acids is 1. The van der Waals surface area contributed by atoms with Gasteiger partial charge in [-0.1, -0.05) is 23.9 Å². The number of aromatic nitrogens is 3. The number of thioether (sulfide) groups is 1. The third kappa shape index (κ3) is 3.99. The van der Waals surface area contributed by atoms with Crippen LogP contribution in [0.15, 0.2) is 46.2 Å². The first kappa shape index (κ1) is 17.9. The van der Waals surface area contributed by atoms with Crippen LogP contribution >= 0.6 is 11.8 Å². The first-order valence-electron chi connectivity index (χ1n) is 7.86. The van der Waals surface area contributed by atoms with Gasteiger partial charge in [-0.05, 0) is 30.7 Å². The van der Waals surface area contributed by atoms with E-state index in [2.05, 4.69) is 15.5 Å². The highest BCUT2D eigenvalue weighted by Gasteiger charge is 2.16. The molecule has 0 atom stereocenters. The fraction of sp³-hybridized carbons (Fsp3) is 0.235. The number of ether oxygens (including phenoxy) is 1. The lowest BCUT2D eigenvalue weighted by Crippen LogP contribution is -2.25. The Bertz CT molecular complexity index is 905. The Hall–Kier alpha value is -2.94. The maximum absolute atomic E-state index is 12.1. The van der Waals surface area contributed by atoms with Gasteiger partial charge in [-0.2, -0.15) is 0 Å². The van der Waals surface area contributed by atoms with Gasteiger partial charge in [0.25, 0.3) is 0 Å². The Balaban J connectivity index is 1.55. The van der Waals surface area contributed by atoms with E-state index in [-0.39, 0.29) is 11.7 Å². The van der Waals surface area contributed by atoms with Gasteiger partial charge < -0.3 is 20.3 Å². The summed E-state index contributed by atoms with van der Waals surface area (Å²) in [6, 6.07) is 9.31. The predicted octanol–water partition coefficient (Wildman–Crippen LogP) is 1.98. The van der Waals surface area contributed by atoms with Gasteiger partial charge in [0.15, 0.2) is 5.82 Å². The molecule has 3 rings (SSSR count). The summed E-state index contributed by atoms with van der Waals surface area (Å²) in [6.07, 6.45) is 1.57. The van der Waals surface area contributed by atoms with Crippen LogP contribution in [-0.4, -0.2) is 33.6 Å². The van der Waals surface area contributed by atoms with Gasteiger partial charge in [0.1, 0.15) is 11.5 Å². The topological polar surface area (TPSA) is 108 Å². The van der Waals surface area contributed by atoms with Crippen molar-refractivity contribution in [2.45, 2.75) is 18.6 Å². The monoisotopic (exact) mass is 373 g/mol. The number of rotatable bonds is 7. The van der Waals surface area contributed by atoms with Crippen molar-refractivity contribution in [2.75, 3.05) is 18.7 Å². The zero-order valence-corrected chi connectivity index (χ0v) is 15.2. The van der Waals surface area contributed by atoms with Gasteiger partial charge >= 0.3 is 0 Å². The second kappa shape index (κ2) is 7.96. The predicted molar refractivity (Wildman–Crippen MR) is 98.2 cm³/mol. The maximum Gasteiger partial charge on any atom is 0.230 e. The molecule has 0 spiro atoms. The summed E-state index contributed by atoms with van der Waals surface area (Å²) >= 11 is 1.22. The number of furan rings is 1. The van der Waals surface area contributed by atoms with Gasteiger partial charge in [-0.15, -0.1) is 10.2 Å². The first-order valence-corrected chi connectivity index (χ1v) is 8.84. The molecule has 3 aromatic rings. The lowest BCUT2D eigenvalue weighted by molar-refractivity contribution is -0.118. The Morgan fingerprint density at radius 2 is 2.23 bits per heavy atom. The van der Waals surface area contributed by atoms with Crippen LogP contribution in [0, 0.1) is 6.92 Å². The molecular weight excluding hydrogens is 354 g/mol. The van der Waals surface area contributed by atoms with E-state index in [0.717, 1.165) is 16.9 Å². The summed E-state index contributed by atoms with van der Waals surface area (Å²) < 4.78 is 11.8. The van der Waals surface area contributed by atoms with Crippen molar-refractivity contribution >= 4 is 17.7 Å². The Labute approximate surface area is 154 Å². The zero-order valence-electron chi connectivity index (χ0n) is 14.4. The number of amides is 1. The third-order valence-electron chi connectivity index (χ3n) is 3.72. The van der Waals surface area contributed by atoms with Crippen molar-refractivity contribution in [3.8, 4) is 17.1 Å². The number of nitrogens with one attached hydrogen (secondary N) is 1. The van der Waals surface area contributed by atoms with E-state index in [1.165, 1.54) is 16.4 Å². The average Bonchev–Trinajstić information content (AvgIpc) is 3.23. The number of nitrogens with two attached hydrogens (primary N) is 1. The molecule has 1 amide bonds. The Kier molecular flexibility index (Phi) is 5.47. The fourth-order valence-electron chi connectivity index (χ4n) is 2.34. The zero-order chi connectivity index (χ0) is 18.5. The highest BCUT2D eigenvalue weighted by molar-refractivity contribution is 7.99. The number of benzene rings is 1. The number of carbonyl (C=O) groups is 1. The SMILES string of the molecule is COc1cccc(CNC(=O)CSc2nnc(-c3ccoc3C)n2N)c1. The molecule has 0 aliphatic heterocycles. The lowest BCUT2D eigenvalue weighted by atomic mass is 10.2. The second-order valence-electron chi connectivity index (χ2n) is 5.48. The molecule has 0 bridgehead atoms. The summed E-state index contributed by atoms with van der Waals surface area (Å²) in [5.41, 5.74) is 1.73. The average molecular weight is 373 g/mol. The van der Waals surface area contributed by atoms with E-state index >= 15 is 0 Å². The molecule has 0 saturated carbocycles. The molecule has 26 heavy (non-hydrogen) atoms. The van der Waals surface area contributed by atoms with Gasteiger partial charge in [-0.3, -0.25) is 4.79 Å². The Morgan fingerprint density at radius 3 is 2.96 bits per heavy atom. The van der Waals surface area contributed by atoms with E-state index in [0.29, 0.717) is 23.3 Å². The molecular formula is C17H19N5O3S. The molecule has 0 aliphatic rings. The molecule has 2 aromatic heterocycles. The molecule has 9 heteroatoms. The van der Waals surface area contributed by atoms with Crippen LogP contribution in [-0.2, 0) is 11.3 Å². The minimum absolute atomic E-state index is 0.123. The van der Waals surface area contributed by atoms with E-state index in [1.54, 1.807) is 19.4 Å². The molecule has 136 valence electrons. The number of nitrogens with zero attached hydrogens (tertiary/aromatic N) is 3. The molecule has 0 aliphatic carbocycles. The highest BCUT2D eigenvalue weighted by Crippen LogP contribution is 2.24. The number of hydrogen-bond acceptors (Lipinski definition) is 7. The molecule has 2 heterocycles. The second-order valence-corrected chi connectivity index (χ2v) is 6.43. The van der Waals surface area contributed by atoms with Crippen molar-refractivity contribution in [2.24, 2.45) is 0 Å². The van der Waals surface area contributed by atoms with Crippen molar-refractivity contribution in [1.82, 2.24) is 20.2 Å². The van der Waals surface area contributed by atoms with Crippen molar-refractivity contribution < 1.29 is 13.9 Å². The van der Waals surface area contributed by atoms with Crippen LogP contribution in [0.4, 0.5) is 0 Å². The summed E-state index contributed by atoms with van der Waals surface area (Å²) in [4.78, 5) is 12.1. The summed E-state index contributed by atoms with van der Waals surface area (Å²) in [5.74, 6) is 8.05. The van der Waals surface area contributed by atoms with Gasteiger partial charge in [0.2, 0.25) is 11.1 Å². The van der Waals surface area contributed by atoms with Crippen LogP contribution in [0.25, 0.3) is 11.4 Å². The van der Waals surface area contributed by atoms with Crippen molar-refractivity contribution in [3.63, 3.8) is 0 Å². The Morgan fingerprint density at radius 1 is 1.38 bits per heavy atom. The van der Waals surface area contributed by atoms with Crippen molar-refractivity contribution in [3.05, 3.63) is 47.9 Å². The van der Waals surface area contributed by atoms with Crippen LogP contribution in [0.5, 0.6) is 5.75 Å². The van der Waals surface area contributed by atoms with Crippen molar-refractivity contribution in [1.29, 1.82) is 0 Å². The van der Waals surface area contributed by atoms with Crippen LogP contribution in [0.1, 0.15) is 11.3 Å². The van der Waals surface area contributed by atoms with Gasteiger partial charge in [0.05, 0.1) is 24.7 Å². The molecule has 1 aromatic carbocycles. The number of nitrogen functional groups attached to an aromatic ring is 1. The molecule has 0 saturated heterocycles. The van der Waals surface area contributed by atoms with E-state index < -0.39 is 0 Å². The number of aryl methyl sites for hydroxylation is 1. The van der Waals surface area contributed by atoms with E-state index in [9.17, 15) is 4.79 Å². The normalized spacial score (nSPS) is 10.7. The molecule has 0 radical (unpaired) electrons. The van der Waals surface area contributed by atoms with Crippen LogP contribution < -0.4 is 15.9 Å². The largest absolute Gasteiger partial charge is 0.497 e. The van der Waals surface area contributed by atoms with Crippen LogP contribution in [0.3, 0.4) is 0 Å². The molecule has 0 fully saturated rings. The molecule has 0 unspecified atom stereocenters. The summed E-state index contributed by atoms with van der Waals surface area (Å²) in [7, 11) is 1.61. The highest BCUT2D eigenvalue weighted by atomic mass is 32.2. The third-order valence-corrected chi connectivity index (χ3v) is 4.66. The van der Waals surface area contributed by atoms with Crippen LogP contribution in [0.2, 0.25) is 0 Å². The van der Waals surface area contributed by atoms with E-state index in [1.807, 2.05) is 31.2 Å². The number of methoxy groups -OCH3 is 1. The smallest absolute Gasteiger partial charge is 0.230 e. The quantitative estimate of drug-likeness (QED) is 0.481. The molecule has 3 N–H and O–H groups in total. The maximum atomic E-state index is 12.1.